The zero-order valence-electron chi connectivity index (χ0n) is 15.3. The van der Waals surface area contributed by atoms with E-state index in [9.17, 15) is 9.59 Å². The molecular formula is C19H28N4O2. The van der Waals surface area contributed by atoms with Gasteiger partial charge >= 0.3 is 0 Å². The highest BCUT2D eigenvalue weighted by atomic mass is 16.2. The first-order valence-corrected chi connectivity index (χ1v) is 9.20. The van der Waals surface area contributed by atoms with Crippen molar-refractivity contribution >= 4 is 11.8 Å². The van der Waals surface area contributed by atoms with E-state index in [-0.39, 0.29) is 17.4 Å². The maximum atomic E-state index is 12.8. The number of piperazine rings is 1. The van der Waals surface area contributed by atoms with Crippen LogP contribution in [0, 0.1) is 0 Å². The molecule has 0 saturated carbocycles. The van der Waals surface area contributed by atoms with Crippen molar-refractivity contribution in [2.24, 2.45) is 0 Å². The standard InChI is InChI=1S/C19H28N4O2/c1-3-22-10-8-19(7-6-17(22)24)15-23(12-11-21(19)2)18(25)13-16-5-4-9-20-14-16/h4-5,9,14H,3,6-8,10-13,15H2,1-2H3/t19-/m1/s1. The number of hydrogen-bond donors (Lipinski definition) is 0. The van der Waals surface area contributed by atoms with Crippen LogP contribution in [0.1, 0.15) is 31.7 Å². The van der Waals surface area contributed by atoms with Gasteiger partial charge in [-0.25, -0.2) is 0 Å². The lowest BCUT2D eigenvalue weighted by molar-refractivity contribution is -0.136. The first kappa shape index (κ1) is 17.9. The highest BCUT2D eigenvalue weighted by Crippen LogP contribution is 2.32. The summed E-state index contributed by atoms with van der Waals surface area (Å²) >= 11 is 0. The van der Waals surface area contributed by atoms with Gasteiger partial charge in [-0.15, -0.1) is 0 Å². The fourth-order valence-corrected chi connectivity index (χ4v) is 4.03. The molecule has 0 aliphatic carbocycles. The molecule has 0 aromatic carbocycles. The zero-order valence-corrected chi connectivity index (χ0v) is 15.3. The Labute approximate surface area is 149 Å². The number of likely N-dealkylation sites (tertiary alicyclic amines) is 1. The summed E-state index contributed by atoms with van der Waals surface area (Å²) in [7, 11) is 2.13. The lowest BCUT2D eigenvalue weighted by Crippen LogP contribution is -2.62. The van der Waals surface area contributed by atoms with Crippen LogP contribution in [0.5, 0.6) is 0 Å². The van der Waals surface area contributed by atoms with Gasteiger partial charge in [0, 0.05) is 57.1 Å². The number of aromatic nitrogens is 1. The van der Waals surface area contributed by atoms with Gasteiger partial charge in [-0.1, -0.05) is 6.07 Å². The van der Waals surface area contributed by atoms with Crippen molar-refractivity contribution in [1.29, 1.82) is 0 Å². The molecule has 2 fully saturated rings. The van der Waals surface area contributed by atoms with Crippen molar-refractivity contribution in [3.8, 4) is 0 Å². The van der Waals surface area contributed by atoms with Crippen molar-refractivity contribution in [3.63, 3.8) is 0 Å². The molecule has 1 spiro atoms. The Hall–Kier alpha value is -1.95. The van der Waals surface area contributed by atoms with Gasteiger partial charge in [-0.2, -0.15) is 0 Å². The molecule has 25 heavy (non-hydrogen) atoms. The Bertz CT molecular complexity index is 621. The van der Waals surface area contributed by atoms with E-state index in [0.29, 0.717) is 19.4 Å². The summed E-state index contributed by atoms with van der Waals surface area (Å²) in [6.07, 6.45) is 6.21. The second kappa shape index (κ2) is 7.52. The lowest BCUT2D eigenvalue weighted by atomic mass is 9.86. The predicted molar refractivity (Wildman–Crippen MR) is 96.0 cm³/mol. The summed E-state index contributed by atoms with van der Waals surface area (Å²) < 4.78 is 0. The summed E-state index contributed by atoms with van der Waals surface area (Å²) in [6, 6.07) is 3.81. The third-order valence-corrected chi connectivity index (χ3v) is 5.82. The quantitative estimate of drug-likeness (QED) is 0.826. The minimum atomic E-state index is -0.0809. The van der Waals surface area contributed by atoms with Gasteiger partial charge < -0.3 is 9.80 Å². The van der Waals surface area contributed by atoms with Crippen molar-refractivity contribution in [2.45, 2.75) is 38.1 Å². The molecule has 0 unspecified atom stereocenters. The van der Waals surface area contributed by atoms with E-state index < -0.39 is 0 Å². The van der Waals surface area contributed by atoms with E-state index in [1.165, 1.54) is 0 Å². The number of likely N-dealkylation sites (N-methyl/N-ethyl adjacent to an activating group) is 1. The Morgan fingerprint density at radius 1 is 1.28 bits per heavy atom. The van der Waals surface area contributed by atoms with Crippen LogP contribution in [0.15, 0.2) is 24.5 Å². The topological polar surface area (TPSA) is 56.8 Å². The van der Waals surface area contributed by atoms with E-state index in [2.05, 4.69) is 16.9 Å². The van der Waals surface area contributed by atoms with E-state index in [0.717, 1.165) is 44.6 Å². The number of carbonyl (C=O) groups excluding carboxylic acids is 2. The van der Waals surface area contributed by atoms with Crippen molar-refractivity contribution in [3.05, 3.63) is 30.1 Å². The van der Waals surface area contributed by atoms with Crippen molar-refractivity contribution in [2.75, 3.05) is 39.8 Å². The molecule has 0 bridgehead atoms. The van der Waals surface area contributed by atoms with Gasteiger partial charge in [0.15, 0.2) is 0 Å². The number of hydrogen-bond acceptors (Lipinski definition) is 4. The Morgan fingerprint density at radius 3 is 2.84 bits per heavy atom. The minimum absolute atomic E-state index is 0.0809. The van der Waals surface area contributed by atoms with E-state index in [4.69, 9.17) is 0 Å². The van der Waals surface area contributed by atoms with Crippen molar-refractivity contribution in [1.82, 2.24) is 19.7 Å². The van der Waals surface area contributed by atoms with Crippen LogP contribution in [0.3, 0.4) is 0 Å². The van der Waals surface area contributed by atoms with Gasteiger partial charge in [-0.3, -0.25) is 19.5 Å². The minimum Gasteiger partial charge on any atom is -0.343 e. The molecule has 6 nitrogen and oxygen atoms in total. The molecule has 2 aliphatic heterocycles. The highest BCUT2D eigenvalue weighted by Gasteiger charge is 2.43. The van der Waals surface area contributed by atoms with E-state index in [1.54, 1.807) is 12.4 Å². The second-order valence-electron chi connectivity index (χ2n) is 7.22. The van der Waals surface area contributed by atoms with Crippen LogP contribution in [-0.4, -0.2) is 76.8 Å². The molecule has 1 atom stereocenters. The van der Waals surface area contributed by atoms with Crippen LogP contribution in [0.2, 0.25) is 0 Å². The van der Waals surface area contributed by atoms with Gasteiger partial charge in [0.1, 0.15) is 0 Å². The molecular weight excluding hydrogens is 316 g/mol. The summed E-state index contributed by atoms with van der Waals surface area (Å²) in [6.45, 7) is 5.91. The molecule has 2 amide bonds. The van der Waals surface area contributed by atoms with Crippen LogP contribution >= 0.6 is 0 Å². The molecule has 1 aromatic rings. The van der Waals surface area contributed by atoms with Gasteiger partial charge in [0.05, 0.1) is 6.42 Å². The first-order chi connectivity index (χ1) is 12.0. The van der Waals surface area contributed by atoms with Gasteiger partial charge in [-0.05, 0) is 38.4 Å². The fourth-order valence-electron chi connectivity index (χ4n) is 4.03. The van der Waals surface area contributed by atoms with Gasteiger partial charge in [0.25, 0.3) is 0 Å². The van der Waals surface area contributed by atoms with Crippen LogP contribution in [0.4, 0.5) is 0 Å². The molecule has 0 radical (unpaired) electrons. The third-order valence-electron chi connectivity index (χ3n) is 5.82. The lowest BCUT2D eigenvalue weighted by Gasteiger charge is -2.49. The summed E-state index contributed by atoms with van der Waals surface area (Å²) in [5.74, 6) is 0.398. The molecule has 1 aromatic heterocycles. The molecule has 3 rings (SSSR count). The maximum Gasteiger partial charge on any atom is 0.227 e. The van der Waals surface area contributed by atoms with Gasteiger partial charge in [0.2, 0.25) is 11.8 Å². The molecule has 136 valence electrons. The summed E-state index contributed by atoms with van der Waals surface area (Å²) in [5.41, 5.74) is 0.872. The van der Waals surface area contributed by atoms with Crippen LogP contribution < -0.4 is 0 Å². The first-order valence-electron chi connectivity index (χ1n) is 9.20. The predicted octanol–water partition coefficient (Wildman–Crippen LogP) is 1.17. The molecule has 2 saturated heterocycles. The third kappa shape index (κ3) is 3.84. The van der Waals surface area contributed by atoms with Crippen LogP contribution in [-0.2, 0) is 16.0 Å². The monoisotopic (exact) mass is 344 g/mol. The Kier molecular flexibility index (Phi) is 5.37. The maximum absolute atomic E-state index is 12.8. The van der Waals surface area contributed by atoms with Crippen LogP contribution in [0.25, 0.3) is 0 Å². The number of carbonyl (C=O) groups is 2. The number of rotatable bonds is 3. The fraction of sp³-hybridized carbons (Fsp3) is 0.632. The molecule has 2 aliphatic rings. The highest BCUT2D eigenvalue weighted by molar-refractivity contribution is 5.79. The SMILES string of the molecule is CCN1CC[C@]2(CCC1=O)CN(C(=O)Cc1cccnc1)CCN2C. The molecule has 0 N–H and O–H groups in total. The average Bonchev–Trinajstić information content (AvgIpc) is 2.78. The van der Waals surface area contributed by atoms with E-state index in [1.807, 2.05) is 28.9 Å². The second-order valence-corrected chi connectivity index (χ2v) is 7.22. The normalized spacial score (nSPS) is 25.3. The Balaban J connectivity index is 1.70. The number of nitrogens with zero attached hydrogens (tertiary/aromatic N) is 4. The molecule has 6 heteroatoms. The molecule has 3 heterocycles. The summed E-state index contributed by atoms with van der Waals surface area (Å²) in [4.78, 5) is 35.4. The zero-order chi connectivity index (χ0) is 17.9. The largest absolute Gasteiger partial charge is 0.343 e. The number of pyridine rings is 1. The average molecular weight is 344 g/mol. The summed E-state index contributed by atoms with van der Waals surface area (Å²) in [5, 5.41) is 0. The Morgan fingerprint density at radius 2 is 2.12 bits per heavy atom. The van der Waals surface area contributed by atoms with Crippen molar-refractivity contribution < 1.29 is 9.59 Å². The van der Waals surface area contributed by atoms with E-state index >= 15 is 0 Å². The smallest absolute Gasteiger partial charge is 0.227 e. The number of amides is 2.